The number of alkyl halides is 12. The summed E-state index contributed by atoms with van der Waals surface area (Å²) in [6.45, 7) is -1.43. The Labute approximate surface area is 205 Å². The van der Waals surface area contributed by atoms with E-state index in [1.54, 1.807) is 0 Å². The molecule has 0 aliphatic rings. The van der Waals surface area contributed by atoms with Crippen molar-refractivity contribution in [3.8, 4) is 0 Å². The van der Waals surface area contributed by atoms with E-state index in [2.05, 4.69) is 4.52 Å². The molecule has 0 aliphatic carbocycles. The molecule has 0 spiro atoms. The van der Waals surface area contributed by atoms with Gasteiger partial charge in [-0.3, -0.25) is 0 Å². The number of phosphoric ester groups is 1. The van der Waals surface area contributed by atoms with Gasteiger partial charge < -0.3 is 18.9 Å². The Morgan fingerprint density at radius 1 is 0.700 bits per heavy atom. The first kappa shape index (κ1) is 35.9. The topological polar surface area (TPSA) is 72.4 Å². The molecule has 19 heteroatoms. The fourth-order valence-corrected chi connectivity index (χ4v) is 2.06. The Morgan fingerprint density at radius 2 is 1.03 bits per heavy atom. The molecule has 0 N–H and O–H groups in total. The molecular formula is C11H11F12Na2O4P. The van der Waals surface area contributed by atoms with Gasteiger partial charge in [0, 0.05) is 12.8 Å². The number of phosphoric acid groups is 1. The van der Waals surface area contributed by atoms with Gasteiger partial charge >= 0.3 is 94.6 Å². The summed E-state index contributed by atoms with van der Waals surface area (Å²) in [6, 6.07) is 0. The number of halogens is 12. The van der Waals surface area contributed by atoms with Crippen LogP contribution in [0.25, 0.3) is 0 Å². The van der Waals surface area contributed by atoms with Crippen molar-refractivity contribution in [1.82, 2.24) is 0 Å². The Balaban J connectivity index is -0.00000364. The summed E-state index contributed by atoms with van der Waals surface area (Å²) >= 11 is 0. The van der Waals surface area contributed by atoms with Gasteiger partial charge in [0.05, 0.1) is 14.4 Å². The summed E-state index contributed by atoms with van der Waals surface area (Å²) in [6.07, 6.45) is -6.35. The predicted octanol–water partition coefficient (Wildman–Crippen LogP) is -2.16. The molecule has 0 atom stereocenters. The zero-order valence-corrected chi connectivity index (χ0v) is 20.3. The van der Waals surface area contributed by atoms with E-state index in [9.17, 15) is 67.0 Å². The molecule has 0 saturated carbocycles. The molecule has 0 aromatic rings. The van der Waals surface area contributed by atoms with E-state index in [4.69, 9.17) is 0 Å². The number of hydrogen-bond donors (Lipinski definition) is 0. The molecule has 170 valence electrons. The van der Waals surface area contributed by atoms with Gasteiger partial charge in [-0.1, -0.05) is 6.92 Å². The second kappa shape index (κ2) is 11.1. The zero-order chi connectivity index (χ0) is 23.0. The minimum absolute atomic E-state index is 0. The first-order chi connectivity index (χ1) is 12.0. The Morgan fingerprint density at radius 3 is 1.33 bits per heavy atom. The predicted molar refractivity (Wildman–Crippen MR) is 62.8 cm³/mol. The Bertz CT molecular complexity index is 599. The minimum Gasteiger partial charge on any atom is -0.790 e. The van der Waals surface area contributed by atoms with Gasteiger partial charge in [0.25, 0.3) is 0 Å². The van der Waals surface area contributed by atoms with Gasteiger partial charge in [0.2, 0.25) is 0 Å². The quantitative estimate of drug-likeness (QED) is 0.137. The first-order valence-corrected chi connectivity index (χ1v) is 8.41. The summed E-state index contributed by atoms with van der Waals surface area (Å²) in [4.78, 5) is 20.0. The molecule has 0 unspecified atom stereocenters. The average molecular weight is 512 g/mol. The summed E-state index contributed by atoms with van der Waals surface area (Å²) < 4.78 is 172. The van der Waals surface area contributed by atoms with Crippen LogP contribution in [0.15, 0.2) is 0 Å². The second-order valence-corrected chi connectivity index (χ2v) is 6.60. The molecule has 0 rings (SSSR count). The van der Waals surface area contributed by atoms with E-state index >= 15 is 0 Å². The van der Waals surface area contributed by atoms with Gasteiger partial charge in [-0.15, -0.1) is 0 Å². The Kier molecular flexibility index (Phi) is 13.3. The van der Waals surface area contributed by atoms with E-state index in [0.717, 1.165) is 0 Å². The van der Waals surface area contributed by atoms with E-state index in [-0.39, 0.29) is 66.0 Å². The van der Waals surface area contributed by atoms with Crippen molar-refractivity contribution in [2.24, 2.45) is 0 Å². The average Bonchev–Trinajstić information content (AvgIpc) is 2.49. The van der Waals surface area contributed by atoms with E-state index in [1.807, 2.05) is 0 Å². The molecule has 0 saturated heterocycles. The van der Waals surface area contributed by atoms with Gasteiger partial charge in [-0.2, -0.15) is 52.7 Å². The molecule has 0 aliphatic heterocycles. The van der Waals surface area contributed by atoms with E-state index < -0.39 is 69.2 Å². The first-order valence-electron chi connectivity index (χ1n) is 6.95. The SMILES string of the molecule is CCC(F)(F)C(F)(F)C(F)(F)C(F)(F)C(F)(F)C(F)(F)CCCOP(=O)([O-])[O-].[Na+].[Na+]. The summed E-state index contributed by atoms with van der Waals surface area (Å²) in [7, 11) is -5.77. The number of hydrogen-bond acceptors (Lipinski definition) is 4. The maximum Gasteiger partial charge on any atom is 1.00 e. The minimum atomic E-state index is -7.67. The molecule has 0 amide bonds. The third-order valence-corrected chi connectivity index (χ3v) is 3.93. The molecule has 0 aromatic carbocycles. The van der Waals surface area contributed by atoms with Crippen molar-refractivity contribution < 1.29 is 131 Å². The smallest absolute Gasteiger partial charge is 0.790 e. The third-order valence-electron chi connectivity index (χ3n) is 3.43. The maximum atomic E-state index is 13.4. The van der Waals surface area contributed by atoms with Crippen LogP contribution in [-0.2, 0) is 9.09 Å². The van der Waals surface area contributed by atoms with Gasteiger partial charge in [-0.25, -0.2) is 0 Å². The van der Waals surface area contributed by atoms with Gasteiger partial charge in [-0.05, 0) is 6.42 Å². The van der Waals surface area contributed by atoms with Crippen molar-refractivity contribution >= 4 is 7.82 Å². The largest absolute Gasteiger partial charge is 1.00 e. The van der Waals surface area contributed by atoms with Crippen LogP contribution in [-0.4, -0.2) is 42.1 Å². The van der Waals surface area contributed by atoms with Crippen LogP contribution < -0.4 is 68.9 Å². The molecular weight excluding hydrogens is 501 g/mol. The van der Waals surface area contributed by atoms with Crippen molar-refractivity contribution in [1.29, 1.82) is 0 Å². The van der Waals surface area contributed by atoms with Crippen molar-refractivity contribution in [2.45, 2.75) is 61.7 Å². The molecule has 0 bridgehead atoms. The molecule has 30 heavy (non-hydrogen) atoms. The molecule has 0 heterocycles. The Hall–Kier alpha value is 1.27. The zero-order valence-electron chi connectivity index (χ0n) is 15.4. The molecule has 0 fully saturated rings. The fraction of sp³-hybridized carbons (Fsp3) is 1.00. The van der Waals surface area contributed by atoms with Crippen molar-refractivity contribution in [2.75, 3.05) is 6.61 Å². The summed E-state index contributed by atoms with van der Waals surface area (Å²) in [5, 5.41) is 0. The van der Waals surface area contributed by atoms with Crippen LogP contribution >= 0.6 is 7.82 Å². The fourth-order valence-electron chi connectivity index (χ4n) is 1.70. The summed E-state index contributed by atoms with van der Waals surface area (Å²) in [5.41, 5.74) is 0. The van der Waals surface area contributed by atoms with E-state index in [1.165, 1.54) is 0 Å². The normalized spacial score (nSPS) is 14.8. The maximum absolute atomic E-state index is 13.4. The summed E-state index contributed by atoms with van der Waals surface area (Å²) in [5.74, 6) is -41.9. The van der Waals surface area contributed by atoms with Gasteiger partial charge in [0.1, 0.15) is 0 Å². The van der Waals surface area contributed by atoms with Crippen LogP contribution in [0.4, 0.5) is 52.7 Å². The van der Waals surface area contributed by atoms with Crippen LogP contribution in [0.1, 0.15) is 26.2 Å². The molecule has 0 radical (unpaired) electrons. The number of rotatable bonds is 11. The van der Waals surface area contributed by atoms with Crippen molar-refractivity contribution in [3.63, 3.8) is 0 Å². The second-order valence-electron chi connectivity index (χ2n) is 5.44. The standard InChI is InChI=1S/C11H13F12O4P.2Na/c1-2-6(12,13)8(16,17)10(20,21)11(22,23)9(18,19)7(14,15)4-3-5-27-28(24,25)26;;/h2-5H2,1H3,(H2,24,25,26);;/q;2*+1/p-2. The van der Waals surface area contributed by atoms with Crippen LogP contribution in [0.5, 0.6) is 0 Å². The van der Waals surface area contributed by atoms with E-state index in [0.29, 0.717) is 0 Å². The molecule has 0 aromatic heterocycles. The van der Waals surface area contributed by atoms with Crippen LogP contribution in [0, 0.1) is 0 Å². The monoisotopic (exact) mass is 512 g/mol. The van der Waals surface area contributed by atoms with Crippen LogP contribution in [0.3, 0.4) is 0 Å². The third kappa shape index (κ3) is 6.89. The van der Waals surface area contributed by atoms with Gasteiger partial charge in [0.15, 0.2) is 0 Å². The van der Waals surface area contributed by atoms with Crippen LogP contribution in [0.2, 0.25) is 0 Å². The molecule has 4 nitrogen and oxygen atoms in total. The van der Waals surface area contributed by atoms with Crippen molar-refractivity contribution in [3.05, 3.63) is 0 Å².